The Morgan fingerprint density at radius 3 is 2.90 bits per heavy atom. The van der Waals surface area contributed by atoms with E-state index in [1.54, 1.807) is 19.2 Å². The van der Waals surface area contributed by atoms with Crippen LogP contribution in [0.4, 0.5) is 8.78 Å². The van der Waals surface area contributed by atoms with Crippen LogP contribution in [-0.2, 0) is 25.9 Å². The van der Waals surface area contributed by atoms with Crippen molar-refractivity contribution in [3.05, 3.63) is 41.0 Å². The van der Waals surface area contributed by atoms with Crippen molar-refractivity contribution in [3.8, 4) is 5.75 Å². The molecule has 0 fully saturated rings. The lowest BCUT2D eigenvalue weighted by Gasteiger charge is -2.15. The normalized spacial score (nSPS) is 14.4. The van der Waals surface area contributed by atoms with Crippen LogP contribution in [0.3, 0.4) is 0 Å². The molecule has 0 saturated heterocycles. The van der Waals surface area contributed by atoms with Gasteiger partial charge in [-0.3, -0.25) is 4.99 Å². The maximum atomic E-state index is 12.6. The fraction of sp³-hybridized carbons (Fsp3) is 0.550. The molecule has 0 radical (unpaired) electrons. The van der Waals surface area contributed by atoms with Crippen LogP contribution in [0.1, 0.15) is 42.0 Å². The van der Waals surface area contributed by atoms with Gasteiger partial charge < -0.3 is 19.9 Å². The minimum absolute atomic E-state index is 0.166. The van der Waals surface area contributed by atoms with Gasteiger partial charge in [0.05, 0.1) is 0 Å². The van der Waals surface area contributed by atoms with Crippen LogP contribution in [0.5, 0.6) is 5.75 Å². The van der Waals surface area contributed by atoms with Gasteiger partial charge in [0, 0.05) is 45.1 Å². The molecule has 9 heteroatoms. The number of fused-ring (bicyclic) bond motifs is 1. The van der Waals surface area contributed by atoms with Crippen LogP contribution in [-0.4, -0.2) is 40.9 Å². The Morgan fingerprint density at radius 1 is 1.24 bits per heavy atom. The van der Waals surface area contributed by atoms with Crippen molar-refractivity contribution < 1.29 is 13.5 Å². The molecule has 0 aliphatic carbocycles. The van der Waals surface area contributed by atoms with Gasteiger partial charge in [0.15, 0.2) is 5.96 Å². The summed E-state index contributed by atoms with van der Waals surface area (Å²) >= 11 is 0. The summed E-state index contributed by atoms with van der Waals surface area (Å²) in [6, 6.07) is 5.13. The zero-order valence-electron chi connectivity index (χ0n) is 16.9. The molecule has 0 spiro atoms. The summed E-state index contributed by atoms with van der Waals surface area (Å²) in [7, 11) is 1.67. The number of aliphatic imine (C=N–C) groups is 1. The van der Waals surface area contributed by atoms with E-state index >= 15 is 0 Å². The lowest BCUT2D eigenvalue weighted by atomic mass is 10.1. The van der Waals surface area contributed by atoms with Crippen molar-refractivity contribution in [2.75, 3.05) is 13.6 Å². The molecule has 0 saturated carbocycles. The Morgan fingerprint density at radius 2 is 2.10 bits per heavy atom. The molecule has 2 N–H and O–H groups in total. The molecule has 1 aliphatic heterocycles. The molecule has 0 bridgehead atoms. The summed E-state index contributed by atoms with van der Waals surface area (Å²) in [5, 5.41) is 15.0. The number of aromatic nitrogens is 3. The molecule has 1 aliphatic rings. The molecule has 2 heterocycles. The second kappa shape index (κ2) is 10.2. The van der Waals surface area contributed by atoms with E-state index in [1.165, 1.54) is 12.8 Å². The third-order valence-electron chi connectivity index (χ3n) is 4.93. The van der Waals surface area contributed by atoms with E-state index in [2.05, 4.69) is 35.1 Å². The van der Waals surface area contributed by atoms with Crippen molar-refractivity contribution in [3.63, 3.8) is 0 Å². The average Bonchev–Trinajstić information content (AvgIpc) is 2.92. The van der Waals surface area contributed by atoms with Crippen LogP contribution in [0.2, 0.25) is 0 Å². The molecule has 1 aromatic carbocycles. The molecule has 158 valence electrons. The summed E-state index contributed by atoms with van der Waals surface area (Å²) in [6.07, 6.45) is 5.28. The van der Waals surface area contributed by atoms with Crippen LogP contribution >= 0.6 is 0 Å². The molecule has 0 unspecified atom stereocenters. The highest BCUT2D eigenvalue weighted by atomic mass is 19.3. The van der Waals surface area contributed by atoms with Gasteiger partial charge in [0.2, 0.25) is 0 Å². The van der Waals surface area contributed by atoms with E-state index < -0.39 is 6.61 Å². The first-order chi connectivity index (χ1) is 14.1. The van der Waals surface area contributed by atoms with Crippen molar-refractivity contribution >= 4 is 5.96 Å². The zero-order valence-corrected chi connectivity index (χ0v) is 16.9. The van der Waals surface area contributed by atoms with E-state index in [9.17, 15) is 8.78 Å². The fourth-order valence-corrected chi connectivity index (χ4v) is 3.48. The van der Waals surface area contributed by atoms with Crippen molar-refractivity contribution in [2.45, 2.75) is 58.7 Å². The lowest BCUT2D eigenvalue weighted by Crippen LogP contribution is -2.38. The van der Waals surface area contributed by atoms with Gasteiger partial charge in [-0.25, -0.2) is 0 Å². The van der Waals surface area contributed by atoms with Crippen LogP contribution < -0.4 is 15.4 Å². The maximum Gasteiger partial charge on any atom is 0.387 e. The second-order valence-corrected chi connectivity index (χ2v) is 7.09. The highest BCUT2D eigenvalue weighted by Crippen LogP contribution is 2.22. The Kier molecular flexibility index (Phi) is 7.37. The quantitative estimate of drug-likeness (QED) is 0.546. The first-order valence-corrected chi connectivity index (χ1v) is 9.96. The van der Waals surface area contributed by atoms with Crippen molar-refractivity contribution in [2.24, 2.45) is 4.99 Å². The molecule has 0 amide bonds. The highest BCUT2D eigenvalue weighted by molar-refractivity contribution is 5.79. The predicted octanol–water partition coefficient (Wildman–Crippen LogP) is 2.82. The molecule has 2 aromatic rings. The molecular weight excluding hydrogens is 378 g/mol. The predicted molar refractivity (Wildman–Crippen MR) is 107 cm³/mol. The Bertz CT molecular complexity index is 836. The van der Waals surface area contributed by atoms with E-state index in [1.807, 2.05) is 13.0 Å². The third kappa shape index (κ3) is 5.88. The first-order valence-electron chi connectivity index (χ1n) is 9.96. The number of halogens is 2. The summed E-state index contributed by atoms with van der Waals surface area (Å²) in [6.45, 7) is 0.998. The summed E-state index contributed by atoms with van der Waals surface area (Å²) in [5.74, 6) is 2.81. The van der Waals surface area contributed by atoms with Gasteiger partial charge in [-0.05, 0) is 25.8 Å². The number of rotatable bonds is 7. The number of hydrogen-bond donors (Lipinski definition) is 2. The number of guanidine groups is 1. The van der Waals surface area contributed by atoms with Gasteiger partial charge in [-0.1, -0.05) is 24.1 Å². The minimum Gasteiger partial charge on any atom is -0.434 e. The number of aryl methyl sites for hydroxylation is 2. The summed E-state index contributed by atoms with van der Waals surface area (Å²) in [5.41, 5.74) is 1.62. The largest absolute Gasteiger partial charge is 0.434 e. The number of nitrogens with zero attached hydrogens (tertiary/aromatic N) is 4. The number of ether oxygens (including phenoxy) is 1. The van der Waals surface area contributed by atoms with Gasteiger partial charge in [0.1, 0.15) is 17.4 Å². The third-order valence-corrected chi connectivity index (χ3v) is 4.93. The van der Waals surface area contributed by atoms with Crippen LogP contribution in [0.15, 0.2) is 23.2 Å². The lowest BCUT2D eigenvalue weighted by molar-refractivity contribution is -0.0504. The molecule has 3 rings (SSSR count). The maximum absolute atomic E-state index is 12.6. The standard InChI is InChI=1S/C20H28F2N6O/c1-14-7-8-16(29-19(21)22)15(12-14)13-25-20(23-2)24-10-9-18-27-26-17-6-4-3-5-11-28(17)18/h7-8,12,19H,3-6,9-11,13H2,1-2H3,(H2,23,24,25). The molecule has 7 nitrogen and oxygen atoms in total. The van der Waals surface area contributed by atoms with Crippen molar-refractivity contribution in [1.82, 2.24) is 25.4 Å². The van der Waals surface area contributed by atoms with E-state index in [0.29, 0.717) is 24.6 Å². The zero-order chi connectivity index (χ0) is 20.6. The van der Waals surface area contributed by atoms with E-state index in [-0.39, 0.29) is 5.75 Å². The Balaban J connectivity index is 1.53. The number of nitrogens with one attached hydrogen (secondary N) is 2. The number of benzene rings is 1. The van der Waals surface area contributed by atoms with Crippen molar-refractivity contribution in [1.29, 1.82) is 0 Å². The smallest absolute Gasteiger partial charge is 0.387 e. The average molecular weight is 406 g/mol. The Hall–Kier alpha value is -2.71. The fourth-order valence-electron chi connectivity index (χ4n) is 3.48. The van der Waals surface area contributed by atoms with E-state index in [0.717, 1.165) is 43.0 Å². The minimum atomic E-state index is -2.85. The van der Waals surface area contributed by atoms with Crippen LogP contribution in [0, 0.1) is 6.92 Å². The second-order valence-electron chi connectivity index (χ2n) is 7.09. The Labute approximate surface area is 169 Å². The van der Waals surface area contributed by atoms with E-state index in [4.69, 9.17) is 0 Å². The van der Waals surface area contributed by atoms with Gasteiger partial charge in [-0.2, -0.15) is 8.78 Å². The van der Waals surface area contributed by atoms with Gasteiger partial charge >= 0.3 is 6.61 Å². The summed E-state index contributed by atoms with van der Waals surface area (Å²) in [4.78, 5) is 4.20. The number of hydrogen-bond acceptors (Lipinski definition) is 4. The SMILES string of the molecule is CN=C(NCCc1nnc2n1CCCCC2)NCc1cc(C)ccc1OC(F)F. The molecule has 0 atom stereocenters. The summed E-state index contributed by atoms with van der Waals surface area (Å²) < 4.78 is 32.1. The molecule has 1 aromatic heterocycles. The topological polar surface area (TPSA) is 76.4 Å². The van der Waals surface area contributed by atoms with Gasteiger partial charge in [-0.15, -0.1) is 10.2 Å². The monoisotopic (exact) mass is 406 g/mol. The number of alkyl halides is 2. The highest BCUT2D eigenvalue weighted by Gasteiger charge is 2.14. The first kappa shape index (κ1) is 21.0. The molecule has 29 heavy (non-hydrogen) atoms. The van der Waals surface area contributed by atoms with Gasteiger partial charge in [0.25, 0.3) is 0 Å². The van der Waals surface area contributed by atoms with Crippen LogP contribution in [0.25, 0.3) is 0 Å². The molecular formula is C20H28F2N6O.